The second kappa shape index (κ2) is 7.31. The Kier molecular flexibility index (Phi) is 5.64. The molecule has 1 aliphatic carbocycles. The molecule has 128 valence electrons. The van der Waals surface area contributed by atoms with Gasteiger partial charge in [0.2, 0.25) is 10.0 Å². The molecule has 0 spiro atoms. The summed E-state index contributed by atoms with van der Waals surface area (Å²) in [5, 5.41) is 2.99. The number of carbonyl (C=O) groups is 1. The number of nitrogens with one attached hydrogen (secondary N) is 1. The molecule has 0 atom stereocenters. The van der Waals surface area contributed by atoms with E-state index in [0.717, 1.165) is 30.0 Å². The number of benzene rings is 1. The Balaban J connectivity index is 2.30. The van der Waals surface area contributed by atoms with E-state index in [1.807, 2.05) is 0 Å². The largest absolute Gasteiger partial charge is 0.496 e. The molecule has 1 aliphatic rings. The van der Waals surface area contributed by atoms with Crippen LogP contribution in [0.2, 0.25) is 0 Å². The summed E-state index contributed by atoms with van der Waals surface area (Å²) in [7, 11) is 0.791. The Bertz CT molecular complexity index is 665. The highest BCUT2D eigenvalue weighted by Gasteiger charge is 2.23. The number of carbonyl (C=O) groups excluding carboxylic acids is 1. The molecule has 0 unspecified atom stereocenters. The van der Waals surface area contributed by atoms with Crippen LogP contribution in [0.4, 0.5) is 0 Å². The van der Waals surface area contributed by atoms with Crippen LogP contribution in [0.5, 0.6) is 5.75 Å². The van der Waals surface area contributed by atoms with Crippen LogP contribution in [0.25, 0.3) is 0 Å². The van der Waals surface area contributed by atoms with Crippen LogP contribution in [0.15, 0.2) is 23.1 Å². The van der Waals surface area contributed by atoms with Crippen molar-refractivity contribution in [2.24, 2.45) is 0 Å². The normalized spacial score (nSPS) is 16.3. The zero-order valence-corrected chi connectivity index (χ0v) is 14.6. The molecule has 0 aliphatic heterocycles. The highest BCUT2D eigenvalue weighted by atomic mass is 32.2. The van der Waals surface area contributed by atoms with Gasteiger partial charge in [-0.25, -0.2) is 12.7 Å². The molecule has 0 saturated heterocycles. The predicted octanol–water partition coefficient (Wildman–Crippen LogP) is 2.01. The first-order valence-corrected chi connectivity index (χ1v) is 9.21. The smallest absolute Gasteiger partial charge is 0.255 e. The third-order valence-electron chi connectivity index (χ3n) is 4.13. The summed E-state index contributed by atoms with van der Waals surface area (Å²) >= 11 is 0. The van der Waals surface area contributed by atoms with Crippen molar-refractivity contribution >= 4 is 15.9 Å². The summed E-state index contributed by atoms with van der Waals surface area (Å²) in [6, 6.07) is 4.50. The van der Waals surface area contributed by atoms with Crippen molar-refractivity contribution in [1.29, 1.82) is 0 Å². The van der Waals surface area contributed by atoms with Crippen molar-refractivity contribution in [1.82, 2.24) is 9.62 Å². The summed E-state index contributed by atoms with van der Waals surface area (Å²) in [5.41, 5.74) is 0.251. The molecule has 23 heavy (non-hydrogen) atoms. The highest BCUT2D eigenvalue weighted by molar-refractivity contribution is 7.89. The summed E-state index contributed by atoms with van der Waals surface area (Å²) in [6.45, 7) is 0. The molecule has 0 heterocycles. The molecule has 1 aromatic carbocycles. The maximum atomic E-state index is 12.5. The van der Waals surface area contributed by atoms with E-state index in [0.29, 0.717) is 5.75 Å². The van der Waals surface area contributed by atoms with E-state index in [9.17, 15) is 13.2 Å². The fourth-order valence-corrected chi connectivity index (χ4v) is 3.67. The first kappa shape index (κ1) is 17.7. The number of hydrogen-bond acceptors (Lipinski definition) is 4. The van der Waals surface area contributed by atoms with Crippen molar-refractivity contribution in [3.05, 3.63) is 23.8 Å². The molecule has 7 heteroatoms. The number of rotatable bonds is 5. The summed E-state index contributed by atoms with van der Waals surface area (Å²) in [5.74, 6) is 0.0839. The molecule has 0 aromatic heterocycles. The number of amides is 1. The maximum absolute atomic E-state index is 12.5. The van der Waals surface area contributed by atoms with Gasteiger partial charge in [-0.2, -0.15) is 0 Å². The van der Waals surface area contributed by atoms with E-state index in [-0.39, 0.29) is 22.4 Å². The number of nitrogens with zero attached hydrogens (tertiary/aromatic N) is 1. The molecule has 0 bridgehead atoms. The van der Waals surface area contributed by atoms with E-state index in [1.165, 1.54) is 45.8 Å². The molecular weight excluding hydrogens is 316 g/mol. The van der Waals surface area contributed by atoms with E-state index >= 15 is 0 Å². The van der Waals surface area contributed by atoms with Gasteiger partial charge in [-0.3, -0.25) is 4.79 Å². The minimum absolute atomic E-state index is 0.0806. The van der Waals surface area contributed by atoms with Crippen molar-refractivity contribution < 1.29 is 17.9 Å². The SMILES string of the molecule is COc1ccc(S(=O)(=O)N(C)C)cc1C(=O)NC1CCCCC1. The lowest BCUT2D eigenvalue weighted by molar-refractivity contribution is 0.0924. The van der Waals surface area contributed by atoms with Gasteiger partial charge < -0.3 is 10.1 Å². The minimum Gasteiger partial charge on any atom is -0.496 e. The van der Waals surface area contributed by atoms with Gasteiger partial charge in [-0.1, -0.05) is 19.3 Å². The summed E-state index contributed by atoms with van der Waals surface area (Å²) < 4.78 is 30.8. The van der Waals surface area contributed by atoms with Gasteiger partial charge in [-0.05, 0) is 31.0 Å². The van der Waals surface area contributed by atoms with Gasteiger partial charge in [0.1, 0.15) is 5.75 Å². The monoisotopic (exact) mass is 340 g/mol. The Morgan fingerprint density at radius 2 is 1.87 bits per heavy atom. The lowest BCUT2D eigenvalue weighted by Gasteiger charge is -2.23. The van der Waals surface area contributed by atoms with E-state index < -0.39 is 10.0 Å². The van der Waals surface area contributed by atoms with E-state index in [1.54, 1.807) is 0 Å². The van der Waals surface area contributed by atoms with Crippen LogP contribution in [0.1, 0.15) is 42.5 Å². The zero-order chi connectivity index (χ0) is 17.0. The standard InChI is InChI=1S/C16H24N2O4S/c1-18(2)23(20,21)13-9-10-15(22-3)14(11-13)16(19)17-12-7-5-4-6-8-12/h9-12H,4-8H2,1-3H3,(H,17,19). The first-order valence-electron chi connectivity index (χ1n) is 7.77. The highest BCUT2D eigenvalue weighted by Crippen LogP contribution is 2.25. The minimum atomic E-state index is -3.59. The van der Waals surface area contributed by atoms with Gasteiger partial charge in [0.25, 0.3) is 5.91 Å². The van der Waals surface area contributed by atoms with Crippen LogP contribution in [-0.4, -0.2) is 45.9 Å². The quantitative estimate of drug-likeness (QED) is 0.889. The fraction of sp³-hybridized carbons (Fsp3) is 0.562. The Hall–Kier alpha value is -1.60. The number of methoxy groups -OCH3 is 1. The van der Waals surface area contributed by atoms with Gasteiger partial charge in [0.15, 0.2) is 0 Å². The van der Waals surface area contributed by atoms with E-state index in [4.69, 9.17) is 4.74 Å². The predicted molar refractivity (Wildman–Crippen MR) is 88.2 cm³/mol. The lowest BCUT2D eigenvalue weighted by Crippen LogP contribution is -2.36. The van der Waals surface area contributed by atoms with Crippen molar-refractivity contribution in [3.63, 3.8) is 0 Å². The Labute approximate surface area is 137 Å². The van der Waals surface area contributed by atoms with Gasteiger partial charge >= 0.3 is 0 Å². The maximum Gasteiger partial charge on any atom is 0.255 e. The molecule has 1 aromatic rings. The summed E-state index contributed by atoms with van der Waals surface area (Å²) in [6.07, 6.45) is 5.34. The van der Waals surface area contributed by atoms with Crippen LogP contribution < -0.4 is 10.1 Å². The number of sulfonamides is 1. The Morgan fingerprint density at radius 1 is 1.22 bits per heavy atom. The van der Waals surface area contributed by atoms with Crippen molar-refractivity contribution in [2.45, 2.75) is 43.0 Å². The second-order valence-corrected chi connectivity index (χ2v) is 8.11. The third-order valence-corrected chi connectivity index (χ3v) is 5.95. The van der Waals surface area contributed by atoms with Gasteiger partial charge in [0.05, 0.1) is 17.6 Å². The van der Waals surface area contributed by atoms with Crippen LogP contribution >= 0.6 is 0 Å². The first-order chi connectivity index (χ1) is 10.9. The third kappa shape index (κ3) is 4.03. The van der Waals surface area contributed by atoms with Crippen LogP contribution in [0, 0.1) is 0 Å². The van der Waals surface area contributed by atoms with Crippen LogP contribution in [0.3, 0.4) is 0 Å². The van der Waals surface area contributed by atoms with Gasteiger partial charge in [-0.15, -0.1) is 0 Å². The number of ether oxygens (including phenoxy) is 1. The topological polar surface area (TPSA) is 75.7 Å². The average molecular weight is 340 g/mol. The molecule has 1 N–H and O–H groups in total. The lowest BCUT2D eigenvalue weighted by atomic mass is 9.95. The molecular formula is C16H24N2O4S. The van der Waals surface area contributed by atoms with Crippen molar-refractivity contribution in [2.75, 3.05) is 21.2 Å². The molecule has 1 amide bonds. The van der Waals surface area contributed by atoms with E-state index in [2.05, 4.69) is 5.32 Å². The molecule has 1 saturated carbocycles. The molecule has 0 radical (unpaired) electrons. The average Bonchev–Trinajstić information content (AvgIpc) is 2.54. The fourth-order valence-electron chi connectivity index (χ4n) is 2.75. The molecule has 6 nitrogen and oxygen atoms in total. The summed E-state index contributed by atoms with van der Waals surface area (Å²) in [4.78, 5) is 12.6. The Morgan fingerprint density at radius 3 is 2.43 bits per heavy atom. The number of hydrogen-bond donors (Lipinski definition) is 1. The van der Waals surface area contributed by atoms with Crippen molar-refractivity contribution in [3.8, 4) is 5.75 Å². The zero-order valence-electron chi connectivity index (χ0n) is 13.8. The van der Waals surface area contributed by atoms with Gasteiger partial charge in [0, 0.05) is 20.1 Å². The molecule has 2 rings (SSSR count). The second-order valence-electron chi connectivity index (χ2n) is 5.96. The molecule has 1 fully saturated rings. The van der Waals surface area contributed by atoms with Crippen LogP contribution in [-0.2, 0) is 10.0 Å².